The molecule has 2 atom stereocenters. The van der Waals surface area contributed by atoms with Crippen molar-refractivity contribution in [1.29, 1.82) is 0 Å². The van der Waals surface area contributed by atoms with Gasteiger partial charge in [0, 0.05) is 23.0 Å². The van der Waals surface area contributed by atoms with E-state index in [1.54, 1.807) is 0 Å². The van der Waals surface area contributed by atoms with E-state index in [0.29, 0.717) is 12.2 Å². The van der Waals surface area contributed by atoms with Crippen molar-refractivity contribution < 1.29 is 9.47 Å². The van der Waals surface area contributed by atoms with Crippen molar-refractivity contribution in [3.05, 3.63) is 34.4 Å². The van der Waals surface area contributed by atoms with E-state index in [1.165, 1.54) is 22.3 Å². The molecule has 20 heavy (non-hydrogen) atoms. The average Bonchev–Trinajstić information content (AvgIpc) is 3.28. The molecular weight excluding hydrogens is 288 g/mol. The van der Waals surface area contributed by atoms with Gasteiger partial charge in [0.2, 0.25) is 0 Å². The highest BCUT2D eigenvalue weighted by atomic mass is 32.2. The summed E-state index contributed by atoms with van der Waals surface area (Å²) >= 11 is 4.00. The van der Waals surface area contributed by atoms with Crippen LogP contribution in [0.25, 0.3) is 0 Å². The minimum Gasteiger partial charge on any atom is -0.372 e. The topological polar surface area (TPSA) is 25.1 Å². The van der Waals surface area contributed by atoms with Crippen LogP contribution in [0, 0.1) is 13.8 Å². The second-order valence-corrected chi connectivity index (χ2v) is 7.71. The average molecular weight is 310 g/mol. The van der Waals surface area contributed by atoms with Crippen LogP contribution in [-0.4, -0.2) is 36.9 Å². The van der Waals surface area contributed by atoms with Gasteiger partial charge < -0.3 is 9.47 Å². The van der Waals surface area contributed by atoms with Crippen molar-refractivity contribution in [2.45, 2.75) is 37.6 Å². The maximum Gasteiger partial charge on any atom is 0.0900 e. The number of thioether (sulfide) groups is 2. The maximum absolute atomic E-state index is 5.28. The minimum atomic E-state index is 0.524. The largest absolute Gasteiger partial charge is 0.372 e. The molecule has 0 amide bonds. The van der Waals surface area contributed by atoms with Gasteiger partial charge in [-0.1, -0.05) is 12.1 Å². The van der Waals surface area contributed by atoms with Gasteiger partial charge in [-0.25, -0.2) is 0 Å². The summed E-state index contributed by atoms with van der Waals surface area (Å²) in [6.45, 7) is 6.35. The SMILES string of the molecule is Cc1cc(CSCC2CO2)c(CSCC2CO2)cc1C. The molecule has 0 radical (unpaired) electrons. The standard InChI is InChI=1S/C16H22O2S2/c1-11-3-13(7-19-9-15-5-17-15)14(4-12(11)2)8-20-10-16-6-18-16/h3-4,15-16H,5-10H2,1-2H3. The number of benzene rings is 1. The van der Waals surface area contributed by atoms with E-state index in [-0.39, 0.29) is 0 Å². The third-order valence-corrected chi connectivity index (χ3v) is 5.99. The molecule has 3 rings (SSSR count). The predicted octanol–water partition coefficient (Wildman–Crippen LogP) is 3.57. The molecule has 2 nitrogen and oxygen atoms in total. The fraction of sp³-hybridized carbons (Fsp3) is 0.625. The Hall–Kier alpha value is -0.160. The molecule has 2 heterocycles. The molecule has 2 aliphatic heterocycles. The summed E-state index contributed by atoms with van der Waals surface area (Å²) in [7, 11) is 0. The highest BCUT2D eigenvalue weighted by Crippen LogP contribution is 2.27. The van der Waals surface area contributed by atoms with Crippen LogP contribution in [-0.2, 0) is 21.0 Å². The third kappa shape index (κ3) is 4.42. The van der Waals surface area contributed by atoms with Crippen molar-refractivity contribution in [3.63, 3.8) is 0 Å². The first kappa shape index (κ1) is 14.8. The molecule has 4 heteroatoms. The monoisotopic (exact) mass is 310 g/mol. The number of rotatable bonds is 8. The summed E-state index contributed by atoms with van der Waals surface area (Å²) in [6, 6.07) is 4.75. The Morgan fingerprint density at radius 3 is 1.65 bits per heavy atom. The molecule has 1 aromatic carbocycles. The Bertz CT molecular complexity index is 425. The number of hydrogen-bond donors (Lipinski definition) is 0. The Morgan fingerprint density at radius 1 is 0.900 bits per heavy atom. The quantitative estimate of drug-likeness (QED) is 0.685. The van der Waals surface area contributed by atoms with E-state index in [2.05, 4.69) is 26.0 Å². The van der Waals surface area contributed by atoms with Crippen molar-refractivity contribution in [2.24, 2.45) is 0 Å². The molecule has 0 bridgehead atoms. The van der Waals surface area contributed by atoms with Crippen LogP contribution in [0.3, 0.4) is 0 Å². The first-order valence-corrected chi connectivity index (χ1v) is 9.51. The van der Waals surface area contributed by atoms with E-state index in [0.717, 1.165) is 36.2 Å². The van der Waals surface area contributed by atoms with Gasteiger partial charge in [-0.3, -0.25) is 0 Å². The summed E-state index contributed by atoms with van der Waals surface area (Å²) in [5, 5.41) is 0. The Balaban J connectivity index is 1.58. The lowest BCUT2D eigenvalue weighted by molar-refractivity contribution is 0.426. The fourth-order valence-corrected chi connectivity index (χ4v) is 4.26. The molecule has 2 saturated heterocycles. The van der Waals surface area contributed by atoms with Gasteiger partial charge in [-0.2, -0.15) is 23.5 Å². The van der Waals surface area contributed by atoms with Crippen LogP contribution in [0.5, 0.6) is 0 Å². The number of ether oxygens (including phenoxy) is 2. The smallest absolute Gasteiger partial charge is 0.0900 e. The van der Waals surface area contributed by atoms with Gasteiger partial charge in [0.05, 0.1) is 25.4 Å². The molecule has 2 fully saturated rings. The Morgan fingerprint density at radius 2 is 1.30 bits per heavy atom. The second-order valence-electron chi connectivity index (χ2n) is 5.65. The van der Waals surface area contributed by atoms with Crippen molar-refractivity contribution in [1.82, 2.24) is 0 Å². The zero-order chi connectivity index (χ0) is 13.9. The first-order chi connectivity index (χ1) is 9.72. The summed E-state index contributed by atoms with van der Waals surface area (Å²) in [5.74, 6) is 4.48. The summed E-state index contributed by atoms with van der Waals surface area (Å²) < 4.78 is 10.6. The highest BCUT2D eigenvalue weighted by molar-refractivity contribution is 7.98. The molecule has 0 aromatic heterocycles. The van der Waals surface area contributed by atoms with E-state index in [4.69, 9.17) is 9.47 Å². The van der Waals surface area contributed by atoms with Gasteiger partial charge >= 0.3 is 0 Å². The van der Waals surface area contributed by atoms with Crippen LogP contribution in [0.15, 0.2) is 12.1 Å². The predicted molar refractivity (Wildman–Crippen MR) is 87.7 cm³/mol. The Labute approximate surface area is 130 Å². The maximum atomic E-state index is 5.28. The molecule has 0 spiro atoms. The third-order valence-electron chi connectivity index (χ3n) is 3.74. The molecule has 0 saturated carbocycles. The Kier molecular flexibility index (Phi) is 4.97. The first-order valence-electron chi connectivity index (χ1n) is 7.20. The number of hydrogen-bond acceptors (Lipinski definition) is 4. The molecule has 0 aliphatic carbocycles. The molecular formula is C16H22O2S2. The van der Waals surface area contributed by atoms with E-state index in [9.17, 15) is 0 Å². The van der Waals surface area contributed by atoms with Crippen molar-refractivity contribution >= 4 is 23.5 Å². The van der Waals surface area contributed by atoms with Crippen LogP contribution >= 0.6 is 23.5 Å². The van der Waals surface area contributed by atoms with Crippen molar-refractivity contribution in [3.8, 4) is 0 Å². The zero-order valence-electron chi connectivity index (χ0n) is 12.2. The van der Waals surface area contributed by atoms with Crippen LogP contribution in [0.1, 0.15) is 22.3 Å². The van der Waals surface area contributed by atoms with Crippen LogP contribution in [0.4, 0.5) is 0 Å². The van der Waals surface area contributed by atoms with Gasteiger partial charge in [-0.15, -0.1) is 0 Å². The molecule has 2 aliphatic rings. The van der Waals surface area contributed by atoms with Crippen LogP contribution < -0.4 is 0 Å². The lowest BCUT2D eigenvalue weighted by Crippen LogP contribution is -1.98. The number of epoxide rings is 2. The van der Waals surface area contributed by atoms with Gasteiger partial charge in [0.25, 0.3) is 0 Å². The molecule has 110 valence electrons. The molecule has 0 N–H and O–H groups in total. The lowest BCUT2D eigenvalue weighted by Gasteiger charge is -2.12. The van der Waals surface area contributed by atoms with Gasteiger partial charge in [0.15, 0.2) is 0 Å². The van der Waals surface area contributed by atoms with E-state index in [1.807, 2.05) is 23.5 Å². The zero-order valence-corrected chi connectivity index (χ0v) is 13.8. The molecule has 1 aromatic rings. The van der Waals surface area contributed by atoms with E-state index < -0.39 is 0 Å². The highest BCUT2D eigenvalue weighted by Gasteiger charge is 2.23. The normalized spacial score (nSPS) is 23.9. The fourth-order valence-electron chi connectivity index (χ4n) is 2.13. The minimum absolute atomic E-state index is 0.524. The second kappa shape index (κ2) is 6.73. The number of aryl methyl sites for hydroxylation is 2. The summed E-state index contributed by atoms with van der Waals surface area (Å²) in [6.07, 6.45) is 1.05. The van der Waals surface area contributed by atoms with Gasteiger partial charge in [0.1, 0.15) is 0 Å². The summed E-state index contributed by atoms with van der Waals surface area (Å²) in [4.78, 5) is 0. The van der Waals surface area contributed by atoms with Gasteiger partial charge in [-0.05, 0) is 36.1 Å². The lowest BCUT2D eigenvalue weighted by atomic mass is 10.0. The molecule has 2 unspecified atom stereocenters. The van der Waals surface area contributed by atoms with Crippen LogP contribution in [0.2, 0.25) is 0 Å². The van der Waals surface area contributed by atoms with Crippen molar-refractivity contribution in [2.75, 3.05) is 24.7 Å². The van der Waals surface area contributed by atoms with E-state index >= 15 is 0 Å². The summed E-state index contributed by atoms with van der Waals surface area (Å²) in [5.41, 5.74) is 5.82.